The van der Waals surface area contributed by atoms with Crippen LogP contribution in [0.2, 0.25) is 0 Å². The molecule has 10 heteroatoms. The number of aliphatic hydroxyl groups excluding tert-OH is 1. The fourth-order valence-electron chi connectivity index (χ4n) is 4.94. The van der Waals surface area contributed by atoms with Gasteiger partial charge < -0.3 is 15.6 Å². The summed E-state index contributed by atoms with van der Waals surface area (Å²) in [7, 11) is 0. The molecule has 34 heavy (non-hydrogen) atoms. The summed E-state index contributed by atoms with van der Waals surface area (Å²) in [5.41, 5.74) is 3.81. The molecule has 1 aromatic carbocycles. The lowest BCUT2D eigenvalue weighted by Gasteiger charge is -2.40. The van der Waals surface area contributed by atoms with Crippen LogP contribution in [-0.2, 0) is 24.2 Å². The van der Waals surface area contributed by atoms with Crippen LogP contribution in [0.4, 0.5) is 13.9 Å². The number of likely N-dealkylation sites (tertiary alicyclic amines) is 1. The quantitative estimate of drug-likeness (QED) is 0.425. The van der Waals surface area contributed by atoms with Crippen molar-refractivity contribution in [3.8, 4) is 0 Å². The van der Waals surface area contributed by atoms with E-state index in [1.807, 2.05) is 0 Å². The van der Waals surface area contributed by atoms with E-state index in [1.54, 1.807) is 11.8 Å². The van der Waals surface area contributed by atoms with Gasteiger partial charge in [0.05, 0.1) is 22.2 Å². The minimum absolute atomic E-state index is 0.0121. The standard InChI is InChI=1S/C24H26F2N4O3S/c1-14(22(32)28-23-27-20-10-15-3-2-4-16(15)11-21(20)34-23)29-8-6-24(25,26)19(12-29)17-5-7-30(33)18(9-17)13-31/h5,7,9-11,14,19,31H,2-4,6,8,12-13H2,1H3,(H,27,28,32)/t14-,19-/m0/s1. The molecule has 2 aromatic heterocycles. The number of hydrogen-bond acceptors (Lipinski definition) is 6. The second kappa shape index (κ2) is 8.83. The van der Waals surface area contributed by atoms with Crippen LogP contribution in [0.25, 0.3) is 10.2 Å². The number of benzene rings is 1. The Hall–Kier alpha value is -2.69. The van der Waals surface area contributed by atoms with Crippen molar-refractivity contribution in [3.05, 3.63) is 58.1 Å². The number of piperidine rings is 1. The maximum Gasteiger partial charge on any atom is 0.257 e. The molecule has 2 aliphatic rings. The molecule has 0 radical (unpaired) electrons. The van der Waals surface area contributed by atoms with Gasteiger partial charge in [-0.2, -0.15) is 4.73 Å². The lowest BCUT2D eigenvalue weighted by atomic mass is 9.86. The Kier molecular flexibility index (Phi) is 5.99. The second-order valence-electron chi connectivity index (χ2n) is 9.12. The predicted octanol–water partition coefficient (Wildman–Crippen LogP) is 3.36. The molecule has 1 fully saturated rings. The van der Waals surface area contributed by atoms with E-state index in [4.69, 9.17) is 0 Å². The molecule has 0 unspecified atom stereocenters. The van der Waals surface area contributed by atoms with Gasteiger partial charge in [0, 0.05) is 31.6 Å². The maximum atomic E-state index is 14.8. The molecule has 2 atom stereocenters. The van der Waals surface area contributed by atoms with Crippen molar-refractivity contribution in [3.63, 3.8) is 0 Å². The van der Waals surface area contributed by atoms with Crippen molar-refractivity contribution in [2.24, 2.45) is 0 Å². The summed E-state index contributed by atoms with van der Waals surface area (Å²) in [5, 5.41) is 24.4. The molecule has 180 valence electrons. The lowest BCUT2D eigenvalue weighted by Crippen LogP contribution is -2.52. The van der Waals surface area contributed by atoms with Crippen LogP contribution in [0.3, 0.4) is 0 Å². The average Bonchev–Trinajstić information content (AvgIpc) is 3.42. The Balaban J connectivity index is 1.31. The van der Waals surface area contributed by atoms with Gasteiger partial charge in [0.25, 0.3) is 5.92 Å². The molecule has 3 aromatic rings. The van der Waals surface area contributed by atoms with E-state index in [-0.39, 0.29) is 30.3 Å². The zero-order chi connectivity index (χ0) is 24.0. The highest BCUT2D eigenvalue weighted by Crippen LogP contribution is 2.41. The van der Waals surface area contributed by atoms with Crippen molar-refractivity contribution in [1.82, 2.24) is 9.88 Å². The molecular weight excluding hydrogens is 462 g/mol. The first-order valence-electron chi connectivity index (χ1n) is 11.4. The minimum Gasteiger partial charge on any atom is -0.618 e. The molecule has 1 aliphatic carbocycles. The van der Waals surface area contributed by atoms with Crippen LogP contribution in [0.1, 0.15) is 48.1 Å². The second-order valence-corrected chi connectivity index (χ2v) is 10.2. The number of hydrogen-bond donors (Lipinski definition) is 2. The third-order valence-corrected chi connectivity index (χ3v) is 7.94. The topological polar surface area (TPSA) is 92.4 Å². The van der Waals surface area contributed by atoms with Crippen LogP contribution in [0, 0.1) is 5.21 Å². The maximum absolute atomic E-state index is 14.8. The van der Waals surface area contributed by atoms with E-state index < -0.39 is 30.9 Å². The van der Waals surface area contributed by atoms with Gasteiger partial charge >= 0.3 is 0 Å². The number of fused-ring (bicyclic) bond motifs is 2. The number of carbonyl (C=O) groups is 1. The number of nitrogens with zero attached hydrogens (tertiary/aromatic N) is 3. The number of pyridine rings is 1. The fourth-order valence-corrected chi connectivity index (χ4v) is 5.85. The highest BCUT2D eigenvalue weighted by atomic mass is 32.1. The highest BCUT2D eigenvalue weighted by molar-refractivity contribution is 7.22. The summed E-state index contributed by atoms with van der Waals surface area (Å²) >= 11 is 1.42. The number of amides is 1. The number of nitrogens with one attached hydrogen (secondary N) is 1. The largest absolute Gasteiger partial charge is 0.618 e. The molecule has 0 bridgehead atoms. The molecule has 5 rings (SSSR count). The Morgan fingerprint density at radius 2 is 2.15 bits per heavy atom. The number of rotatable bonds is 5. The van der Waals surface area contributed by atoms with Crippen molar-refractivity contribution in [1.29, 1.82) is 0 Å². The number of anilines is 1. The normalized spacial score (nSPS) is 20.9. The summed E-state index contributed by atoms with van der Waals surface area (Å²) < 4.78 is 31.1. The van der Waals surface area contributed by atoms with Gasteiger partial charge in [-0.05, 0) is 55.0 Å². The number of carbonyl (C=O) groups excluding carboxylic acids is 1. The minimum atomic E-state index is -2.98. The zero-order valence-corrected chi connectivity index (χ0v) is 19.6. The van der Waals surface area contributed by atoms with E-state index in [0.717, 1.165) is 35.7 Å². The number of thiazole rings is 1. The van der Waals surface area contributed by atoms with Gasteiger partial charge in [0.15, 0.2) is 11.3 Å². The average molecular weight is 489 g/mol. The SMILES string of the molecule is C[C@@H](C(=O)Nc1nc2cc3c(cc2s1)CCC3)N1CCC(F)(F)[C@H](c2cc[n+]([O-])c(CO)c2)C1. The molecular formula is C24H26F2N4O3S. The van der Waals surface area contributed by atoms with Crippen LogP contribution in [0.5, 0.6) is 0 Å². The van der Waals surface area contributed by atoms with Gasteiger partial charge in [-0.3, -0.25) is 9.69 Å². The third kappa shape index (κ3) is 4.25. The van der Waals surface area contributed by atoms with Crippen molar-refractivity contribution in [2.45, 2.75) is 57.1 Å². The van der Waals surface area contributed by atoms with Gasteiger partial charge in [0.2, 0.25) is 11.6 Å². The molecule has 1 saturated heterocycles. The van der Waals surface area contributed by atoms with Crippen LogP contribution in [-0.4, -0.2) is 46.0 Å². The van der Waals surface area contributed by atoms with E-state index in [1.165, 1.54) is 34.6 Å². The van der Waals surface area contributed by atoms with Crippen LogP contribution >= 0.6 is 11.3 Å². The number of alkyl halides is 2. The van der Waals surface area contributed by atoms with E-state index in [0.29, 0.717) is 9.86 Å². The van der Waals surface area contributed by atoms with Gasteiger partial charge in [-0.25, -0.2) is 13.8 Å². The Bertz CT molecular complexity index is 1210. The van der Waals surface area contributed by atoms with Crippen LogP contribution < -0.4 is 10.0 Å². The molecule has 7 nitrogen and oxygen atoms in total. The molecule has 1 amide bonds. The highest BCUT2D eigenvalue weighted by Gasteiger charge is 2.46. The Morgan fingerprint density at radius 3 is 2.91 bits per heavy atom. The first-order chi connectivity index (χ1) is 16.2. The van der Waals surface area contributed by atoms with Gasteiger partial charge in [-0.15, -0.1) is 0 Å². The first kappa shape index (κ1) is 23.1. The van der Waals surface area contributed by atoms with Gasteiger partial charge in [-0.1, -0.05) is 11.3 Å². The predicted molar refractivity (Wildman–Crippen MR) is 125 cm³/mol. The fraction of sp³-hybridized carbons (Fsp3) is 0.458. The molecule has 0 saturated carbocycles. The molecule has 0 spiro atoms. The molecule has 1 aliphatic heterocycles. The van der Waals surface area contributed by atoms with Crippen molar-refractivity contribution in [2.75, 3.05) is 18.4 Å². The Labute approximate surface area is 199 Å². The lowest BCUT2D eigenvalue weighted by molar-refractivity contribution is -0.616. The smallest absolute Gasteiger partial charge is 0.257 e. The number of aliphatic hydroxyl groups is 1. The monoisotopic (exact) mass is 488 g/mol. The molecule has 2 N–H and O–H groups in total. The van der Waals surface area contributed by atoms with Gasteiger partial charge in [0.1, 0.15) is 6.61 Å². The van der Waals surface area contributed by atoms with Crippen molar-refractivity contribution < 1.29 is 23.4 Å². The summed E-state index contributed by atoms with van der Waals surface area (Å²) in [6.07, 6.45) is 4.01. The van der Waals surface area contributed by atoms with E-state index in [2.05, 4.69) is 22.4 Å². The summed E-state index contributed by atoms with van der Waals surface area (Å²) in [6, 6.07) is 6.28. The molecule has 3 heterocycles. The number of aryl methyl sites for hydroxylation is 2. The first-order valence-corrected chi connectivity index (χ1v) is 12.2. The van der Waals surface area contributed by atoms with Crippen molar-refractivity contribution >= 4 is 32.6 Å². The summed E-state index contributed by atoms with van der Waals surface area (Å²) in [4.78, 5) is 19.3. The number of halogens is 2. The van der Waals surface area contributed by atoms with E-state index in [9.17, 15) is 23.9 Å². The summed E-state index contributed by atoms with van der Waals surface area (Å²) in [6.45, 7) is 1.20. The van der Waals surface area contributed by atoms with E-state index >= 15 is 0 Å². The zero-order valence-electron chi connectivity index (χ0n) is 18.8. The summed E-state index contributed by atoms with van der Waals surface area (Å²) in [5.74, 6) is -4.47. The van der Waals surface area contributed by atoms with Crippen LogP contribution in [0.15, 0.2) is 30.5 Å². The third-order valence-electron chi connectivity index (χ3n) is 7.00. The Morgan fingerprint density at radius 1 is 1.38 bits per heavy atom. The number of aromatic nitrogens is 2.